The third-order valence-electron chi connectivity index (χ3n) is 4.07. The van der Waals surface area contributed by atoms with Crippen molar-refractivity contribution >= 4 is 34.1 Å². The average Bonchev–Trinajstić information content (AvgIpc) is 2.94. The Morgan fingerprint density at radius 3 is 2.64 bits per heavy atom. The third-order valence-corrected chi connectivity index (χ3v) is 4.51. The average molecular weight is 334 g/mol. The van der Waals surface area contributed by atoms with Crippen molar-refractivity contribution in [2.24, 2.45) is 0 Å². The van der Waals surface area contributed by atoms with Crippen molar-refractivity contribution in [3.63, 3.8) is 0 Å². The molecule has 2 N–H and O–H groups in total. The first-order valence-electron chi connectivity index (χ1n) is 7.02. The Morgan fingerprint density at radius 1 is 1.09 bits per heavy atom. The van der Waals surface area contributed by atoms with E-state index in [1.165, 1.54) is 0 Å². The fourth-order valence-corrected chi connectivity index (χ4v) is 3.68. The topological polar surface area (TPSA) is 45.2 Å². The predicted octanol–water partition coefficient (Wildman–Crippen LogP) is 4.71. The van der Waals surface area contributed by atoms with Gasteiger partial charge >= 0.3 is 0 Å². The zero-order valence-electron chi connectivity index (χ0n) is 11.5. The van der Waals surface area contributed by atoms with Crippen LogP contribution in [0.3, 0.4) is 0 Å². The second kappa shape index (κ2) is 5.20. The van der Waals surface area contributed by atoms with E-state index in [0.29, 0.717) is 16.5 Å². The minimum absolute atomic E-state index is 0.00532. The molecule has 2 unspecified atom stereocenters. The molecule has 1 aliphatic heterocycles. The molecule has 0 spiro atoms. The van der Waals surface area contributed by atoms with Gasteiger partial charge in [0.05, 0.1) is 0 Å². The van der Waals surface area contributed by atoms with Crippen molar-refractivity contribution < 1.29 is 9.84 Å². The Morgan fingerprint density at radius 2 is 1.86 bits per heavy atom. The van der Waals surface area contributed by atoms with Crippen LogP contribution in [0.4, 0.5) is 0 Å². The van der Waals surface area contributed by atoms with Crippen molar-refractivity contribution in [2.75, 3.05) is 0 Å². The Hall–Kier alpha value is -1.68. The number of nitrogens with one attached hydrogen (secondary N) is 1. The molecular formula is C17H13Cl2NO2. The van der Waals surface area contributed by atoms with Gasteiger partial charge in [-0.15, -0.1) is 0 Å². The fraction of sp³-hybridized carbons (Fsp3) is 0.176. The summed E-state index contributed by atoms with van der Waals surface area (Å²) in [6.07, 6.45) is 1.48. The lowest BCUT2D eigenvalue weighted by atomic mass is 9.85. The smallest absolute Gasteiger partial charge is 0.198 e. The summed E-state index contributed by atoms with van der Waals surface area (Å²) in [7, 11) is 0. The molecule has 4 rings (SSSR count). The molecule has 0 saturated heterocycles. The molecule has 1 aromatic heterocycles. The van der Waals surface area contributed by atoms with Gasteiger partial charge in [0.25, 0.3) is 0 Å². The van der Waals surface area contributed by atoms with Crippen molar-refractivity contribution in [3.8, 4) is 5.75 Å². The fourth-order valence-electron chi connectivity index (χ4n) is 3.13. The molecule has 0 aliphatic carbocycles. The molecule has 1 aliphatic rings. The van der Waals surface area contributed by atoms with E-state index in [2.05, 4.69) is 4.98 Å². The largest absolute Gasteiger partial charge is 0.464 e. The van der Waals surface area contributed by atoms with Crippen LogP contribution in [0.15, 0.2) is 42.6 Å². The summed E-state index contributed by atoms with van der Waals surface area (Å²) in [5.74, 6) is 0.716. The van der Waals surface area contributed by atoms with Crippen LogP contribution in [-0.4, -0.2) is 16.4 Å². The van der Waals surface area contributed by atoms with Gasteiger partial charge in [0.2, 0.25) is 0 Å². The molecule has 22 heavy (non-hydrogen) atoms. The molecule has 0 amide bonds. The van der Waals surface area contributed by atoms with Gasteiger partial charge in [0.15, 0.2) is 6.29 Å². The molecule has 3 aromatic rings. The standard InChI is InChI=1S/C17H13Cl2NO2/c18-10-5-9(6-11(19)7-10)14-8-16(21)22-17-12(14)1-2-15-13(17)3-4-20-15/h1-7,14,16,20-21H,8H2. The molecule has 0 bridgehead atoms. The summed E-state index contributed by atoms with van der Waals surface area (Å²) in [4.78, 5) is 3.15. The van der Waals surface area contributed by atoms with Crippen LogP contribution < -0.4 is 4.74 Å². The summed E-state index contributed by atoms with van der Waals surface area (Å²) in [6, 6.07) is 11.5. The minimum Gasteiger partial charge on any atom is -0.464 e. The SMILES string of the molecule is OC1CC(c2cc(Cl)cc(Cl)c2)c2ccc3[nH]ccc3c2O1. The monoisotopic (exact) mass is 333 g/mol. The number of aliphatic hydroxyl groups is 1. The lowest BCUT2D eigenvalue weighted by molar-refractivity contribution is -0.0346. The second-order valence-corrected chi connectivity index (χ2v) is 6.36. The maximum atomic E-state index is 10.1. The van der Waals surface area contributed by atoms with Crippen LogP contribution in [0.25, 0.3) is 10.9 Å². The molecule has 2 heterocycles. The number of aromatic nitrogens is 1. The van der Waals surface area contributed by atoms with E-state index in [1.54, 1.807) is 6.07 Å². The van der Waals surface area contributed by atoms with Crippen LogP contribution in [0.1, 0.15) is 23.5 Å². The van der Waals surface area contributed by atoms with Crippen molar-refractivity contribution in [1.82, 2.24) is 4.98 Å². The molecule has 3 nitrogen and oxygen atoms in total. The van der Waals surface area contributed by atoms with Gasteiger partial charge in [-0.25, -0.2) is 0 Å². The summed E-state index contributed by atoms with van der Waals surface area (Å²) < 4.78 is 5.69. The van der Waals surface area contributed by atoms with Gasteiger partial charge in [0.1, 0.15) is 5.75 Å². The summed E-state index contributed by atoms with van der Waals surface area (Å²) >= 11 is 12.3. The first-order valence-corrected chi connectivity index (χ1v) is 7.78. The Balaban J connectivity index is 1.91. The van der Waals surface area contributed by atoms with Crippen LogP contribution in [0.5, 0.6) is 5.75 Å². The first-order chi connectivity index (χ1) is 10.6. The highest BCUT2D eigenvalue weighted by atomic mass is 35.5. The van der Waals surface area contributed by atoms with Crippen LogP contribution >= 0.6 is 23.2 Å². The van der Waals surface area contributed by atoms with Gasteiger partial charge in [-0.1, -0.05) is 29.3 Å². The van der Waals surface area contributed by atoms with Gasteiger partial charge < -0.3 is 14.8 Å². The number of H-pyrrole nitrogens is 1. The number of hydrogen-bond donors (Lipinski definition) is 2. The number of aliphatic hydroxyl groups excluding tert-OH is 1. The Kier molecular flexibility index (Phi) is 3.30. The molecular weight excluding hydrogens is 321 g/mol. The highest BCUT2D eigenvalue weighted by molar-refractivity contribution is 6.34. The van der Waals surface area contributed by atoms with Gasteiger partial charge in [-0.05, 0) is 35.9 Å². The van der Waals surface area contributed by atoms with E-state index in [4.69, 9.17) is 27.9 Å². The number of fused-ring (bicyclic) bond motifs is 3. The Bertz CT molecular complexity index is 839. The van der Waals surface area contributed by atoms with E-state index in [-0.39, 0.29) is 5.92 Å². The van der Waals surface area contributed by atoms with E-state index in [1.807, 2.05) is 36.5 Å². The summed E-state index contributed by atoms with van der Waals surface area (Å²) in [5, 5.41) is 12.3. The van der Waals surface area contributed by atoms with Crippen LogP contribution in [0.2, 0.25) is 10.0 Å². The number of aromatic amines is 1. The lowest BCUT2D eigenvalue weighted by Crippen LogP contribution is -2.25. The molecule has 5 heteroatoms. The summed E-state index contributed by atoms with van der Waals surface area (Å²) in [6.45, 7) is 0. The number of hydrogen-bond acceptors (Lipinski definition) is 2. The zero-order valence-corrected chi connectivity index (χ0v) is 13.0. The number of benzene rings is 2. The highest BCUT2D eigenvalue weighted by Crippen LogP contribution is 2.44. The maximum Gasteiger partial charge on any atom is 0.198 e. The molecule has 2 aromatic carbocycles. The zero-order chi connectivity index (χ0) is 15.3. The van der Waals surface area contributed by atoms with E-state index < -0.39 is 6.29 Å². The lowest BCUT2D eigenvalue weighted by Gasteiger charge is -2.30. The van der Waals surface area contributed by atoms with E-state index >= 15 is 0 Å². The third kappa shape index (κ3) is 2.26. The molecule has 0 fully saturated rings. The van der Waals surface area contributed by atoms with Gasteiger partial charge in [-0.2, -0.15) is 0 Å². The Labute approximate surface area is 137 Å². The van der Waals surface area contributed by atoms with Crippen molar-refractivity contribution in [2.45, 2.75) is 18.6 Å². The minimum atomic E-state index is -0.851. The number of ether oxygens (including phenoxy) is 1. The normalized spacial score (nSPS) is 20.7. The maximum absolute atomic E-state index is 10.1. The molecule has 2 atom stereocenters. The van der Waals surface area contributed by atoms with Gasteiger partial charge in [-0.3, -0.25) is 0 Å². The molecule has 0 saturated carbocycles. The first kappa shape index (κ1) is 13.9. The van der Waals surface area contributed by atoms with Crippen LogP contribution in [0, 0.1) is 0 Å². The second-order valence-electron chi connectivity index (χ2n) is 5.49. The van der Waals surface area contributed by atoms with Crippen molar-refractivity contribution in [3.05, 3.63) is 63.8 Å². The van der Waals surface area contributed by atoms with Crippen LogP contribution in [-0.2, 0) is 0 Å². The van der Waals surface area contributed by atoms with E-state index in [0.717, 1.165) is 27.8 Å². The summed E-state index contributed by atoms with van der Waals surface area (Å²) in [5.41, 5.74) is 3.00. The predicted molar refractivity (Wildman–Crippen MR) is 87.9 cm³/mol. The quantitative estimate of drug-likeness (QED) is 0.677. The van der Waals surface area contributed by atoms with Gasteiger partial charge in [0, 0.05) is 45.0 Å². The number of halogens is 2. The highest BCUT2D eigenvalue weighted by Gasteiger charge is 2.30. The number of rotatable bonds is 1. The van der Waals surface area contributed by atoms with E-state index in [9.17, 15) is 5.11 Å². The molecule has 0 radical (unpaired) electrons. The molecule has 112 valence electrons. The van der Waals surface area contributed by atoms with Crippen molar-refractivity contribution in [1.29, 1.82) is 0 Å².